The summed E-state index contributed by atoms with van der Waals surface area (Å²) in [6.07, 6.45) is 1.42. The van der Waals surface area contributed by atoms with Crippen LogP contribution in [0, 0.1) is 25.2 Å². The van der Waals surface area contributed by atoms with E-state index in [4.69, 9.17) is 21.1 Å². The molecule has 2 amide bonds. The minimum atomic E-state index is -0.594. The molecule has 0 aliphatic heterocycles. The topological polar surface area (TPSA) is 100 Å². The molecule has 0 atom stereocenters. The third-order valence-electron chi connectivity index (χ3n) is 5.01. The van der Waals surface area contributed by atoms with Gasteiger partial charge in [0.15, 0.2) is 18.1 Å². The van der Waals surface area contributed by atoms with E-state index in [0.29, 0.717) is 27.8 Å². The second-order valence-electron chi connectivity index (χ2n) is 7.67. The number of nitriles is 1. The van der Waals surface area contributed by atoms with E-state index in [-0.39, 0.29) is 18.1 Å². The van der Waals surface area contributed by atoms with E-state index in [9.17, 15) is 14.9 Å². The van der Waals surface area contributed by atoms with E-state index in [1.54, 1.807) is 42.5 Å². The van der Waals surface area contributed by atoms with Gasteiger partial charge in [-0.2, -0.15) is 5.26 Å². The lowest BCUT2D eigenvalue weighted by molar-refractivity contribution is -0.118. The van der Waals surface area contributed by atoms with Gasteiger partial charge in [-0.05, 0) is 66.9 Å². The Morgan fingerprint density at radius 3 is 2.49 bits per heavy atom. The third kappa shape index (κ3) is 6.85. The summed E-state index contributed by atoms with van der Waals surface area (Å²) in [5, 5.41) is 15.3. The summed E-state index contributed by atoms with van der Waals surface area (Å²) in [5.74, 6) is -0.211. The van der Waals surface area contributed by atoms with Crippen LogP contribution in [0.5, 0.6) is 11.5 Å². The fraction of sp³-hybridized carbons (Fsp3) is 0.148. The molecule has 0 aliphatic rings. The molecule has 0 radical (unpaired) electrons. The SMILES string of the molecule is COc1cc(/C=C(\C#N)C(=O)Nc2ccccc2Cl)ccc1OCC(=O)Nc1cc(C)ccc1C. The Balaban J connectivity index is 1.69. The Kier molecular flexibility index (Phi) is 8.49. The molecule has 0 fully saturated rings. The van der Waals surface area contributed by atoms with Gasteiger partial charge in [-0.25, -0.2) is 0 Å². The number of rotatable bonds is 8. The number of aryl methyl sites for hydroxylation is 2. The van der Waals surface area contributed by atoms with Gasteiger partial charge in [-0.1, -0.05) is 41.9 Å². The van der Waals surface area contributed by atoms with Gasteiger partial charge < -0.3 is 20.1 Å². The molecule has 0 unspecified atom stereocenters. The molecular formula is C27H24ClN3O4. The molecule has 0 saturated heterocycles. The van der Waals surface area contributed by atoms with Crippen molar-refractivity contribution in [2.75, 3.05) is 24.4 Å². The van der Waals surface area contributed by atoms with Crippen LogP contribution in [-0.4, -0.2) is 25.5 Å². The number of methoxy groups -OCH3 is 1. The predicted octanol–water partition coefficient (Wildman–Crippen LogP) is 5.53. The number of ether oxygens (including phenoxy) is 2. The number of halogens is 1. The standard InChI is InChI=1S/C27H24ClN3O4/c1-17-8-9-18(2)23(12-17)30-26(32)16-35-24-11-10-19(14-25(24)34-3)13-20(15-29)27(33)31-22-7-5-4-6-21(22)28/h4-14H,16H2,1-3H3,(H,30,32)(H,31,33)/b20-13+. The van der Waals surface area contributed by atoms with E-state index in [0.717, 1.165) is 16.8 Å². The summed E-state index contributed by atoms with van der Waals surface area (Å²) in [6.45, 7) is 3.64. The molecule has 0 aromatic heterocycles. The minimum Gasteiger partial charge on any atom is -0.493 e. The molecular weight excluding hydrogens is 466 g/mol. The monoisotopic (exact) mass is 489 g/mol. The number of carbonyl (C=O) groups is 2. The van der Waals surface area contributed by atoms with Crippen molar-refractivity contribution in [1.29, 1.82) is 5.26 Å². The first-order chi connectivity index (χ1) is 16.8. The largest absolute Gasteiger partial charge is 0.493 e. The zero-order valence-corrected chi connectivity index (χ0v) is 20.3. The number of hydrogen-bond donors (Lipinski definition) is 2. The Hall–Kier alpha value is -4.28. The van der Waals surface area contributed by atoms with Gasteiger partial charge in [0.05, 0.1) is 17.8 Å². The number of nitrogens with zero attached hydrogens (tertiary/aromatic N) is 1. The first-order valence-electron chi connectivity index (χ1n) is 10.7. The van der Waals surface area contributed by atoms with Gasteiger partial charge >= 0.3 is 0 Å². The summed E-state index contributed by atoms with van der Waals surface area (Å²) >= 11 is 6.07. The van der Waals surface area contributed by atoms with Gasteiger partial charge in [-0.3, -0.25) is 9.59 Å². The van der Waals surface area contributed by atoms with Crippen molar-refractivity contribution in [3.05, 3.63) is 87.9 Å². The maximum atomic E-state index is 12.5. The maximum absolute atomic E-state index is 12.5. The number of para-hydroxylation sites is 1. The molecule has 35 heavy (non-hydrogen) atoms. The van der Waals surface area contributed by atoms with Gasteiger partial charge in [0.2, 0.25) is 0 Å². The molecule has 0 bridgehead atoms. The molecule has 0 heterocycles. The minimum absolute atomic E-state index is 0.117. The van der Waals surface area contributed by atoms with Gasteiger partial charge in [0.25, 0.3) is 11.8 Å². The van der Waals surface area contributed by atoms with Crippen LogP contribution in [-0.2, 0) is 9.59 Å². The van der Waals surface area contributed by atoms with Crippen LogP contribution >= 0.6 is 11.6 Å². The highest BCUT2D eigenvalue weighted by molar-refractivity contribution is 6.34. The number of hydrogen-bond acceptors (Lipinski definition) is 5. The van der Waals surface area contributed by atoms with Crippen molar-refractivity contribution >= 4 is 40.9 Å². The summed E-state index contributed by atoms with van der Waals surface area (Å²) in [5.41, 5.74) is 3.54. The highest BCUT2D eigenvalue weighted by Crippen LogP contribution is 2.29. The molecule has 2 N–H and O–H groups in total. The number of nitrogens with one attached hydrogen (secondary N) is 2. The average Bonchev–Trinajstić information content (AvgIpc) is 2.85. The van der Waals surface area contributed by atoms with E-state index in [1.807, 2.05) is 38.1 Å². The zero-order valence-electron chi connectivity index (χ0n) is 19.5. The van der Waals surface area contributed by atoms with Crippen LogP contribution < -0.4 is 20.1 Å². The number of benzene rings is 3. The van der Waals surface area contributed by atoms with Crippen LogP contribution in [0.3, 0.4) is 0 Å². The Morgan fingerprint density at radius 1 is 1.00 bits per heavy atom. The van der Waals surface area contributed by atoms with Crippen LogP contribution in [0.4, 0.5) is 11.4 Å². The smallest absolute Gasteiger partial charge is 0.266 e. The summed E-state index contributed by atoms with van der Waals surface area (Å²) in [7, 11) is 1.46. The highest BCUT2D eigenvalue weighted by Gasteiger charge is 2.13. The van der Waals surface area contributed by atoms with Crippen molar-refractivity contribution in [2.24, 2.45) is 0 Å². The summed E-state index contributed by atoms with van der Waals surface area (Å²) < 4.78 is 11.0. The highest BCUT2D eigenvalue weighted by atomic mass is 35.5. The Labute approximate surface area is 208 Å². The van der Waals surface area contributed by atoms with E-state index in [2.05, 4.69) is 10.6 Å². The van der Waals surface area contributed by atoms with E-state index < -0.39 is 5.91 Å². The van der Waals surface area contributed by atoms with Gasteiger partial charge in [-0.15, -0.1) is 0 Å². The van der Waals surface area contributed by atoms with Crippen LogP contribution in [0.2, 0.25) is 5.02 Å². The lowest BCUT2D eigenvalue weighted by Crippen LogP contribution is -2.20. The first kappa shape index (κ1) is 25.3. The Morgan fingerprint density at radius 2 is 1.77 bits per heavy atom. The second kappa shape index (κ2) is 11.7. The van der Waals surface area contributed by atoms with Crippen molar-refractivity contribution in [1.82, 2.24) is 0 Å². The molecule has 178 valence electrons. The second-order valence-corrected chi connectivity index (χ2v) is 8.08. The molecule has 0 aliphatic carbocycles. The molecule has 8 heteroatoms. The van der Waals surface area contributed by atoms with Crippen molar-refractivity contribution in [2.45, 2.75) is 13.8 Å². The average molecular weight is 490 g/mol. The lowest BCUT2D eigenvalue weighted by atomic mass is 10.1. The lowest BCUT2D eigenvalue weighted by Gasteiger charge is -2.13. The van der Waals surface area contributed by atoms with Gasteiger partial charge in [0.1, 0.15) is 11.6 Å². The maximum Gasteiger partial charge on any atom is 0.266 e. The van der Waals surface area contributed by atoms with Crippen molar-refractivity contribution in [3.63, 3.8) is 0 Å². The van der Waals surface area contributed by atoms with Gasteiger partial charge in [0, 0.05) is 5.69 Å². The molecule has 0 saturated carbocycles. The van der Waals surface area contributed by atoms with E-state index >= 15 is 0 Å². The van der Waals surface area contributed by atoms with Crippen LogP contribution in [0.1, 0.15) is 16.7 Å². The summed E-state index contributed by atoms with van der Waals surface area (Å²) in [6, 6.07) is 19.3. The third-order valence-corrected chi connectivity index (χ3v) is 5.34. The molecule has 0 spiro atoms. The zero-order chi connectivity index (χ0) is 25.4. The number of anilines is 2. The Bertz CT molecular complexity index is 1330. The normalized spacial score (nSPS) is 10.8. The molecule has 7 nitrogen and oxygen atoms in total. The fourth-order valence-corrected chi connectivity index (χ4v) is 3.34. The first-order valence-corrected chi connectivity index (χ1v) is 11.0. The predicted molar refractivity (Wildman–Crippen MR) is 137 cm³/mol. The molecule has 3 rings (SSSR count). The quantitative estimate of drug-likeness (QED) is 0.320. The van der Waals surface area contributed by atoms with Crippen molar-refractivity contribution in [3.8, 4) is 17.6 Å². The molecule has 3 aromatic carbocycles. The van der Waals surface area contributed by atoms with Crippen LogP contribution in [0.15, 0.2) is 66.2 Å². The van der Waals surface area contributed by atoms with Crippen molar-refractivity contribution < 1.29 is 19.1 Å². The van der Waals surface area contributed by atoms with E-state index in [1.165, 1.54) is 13.2 Å². The number of carbonyl (C=O) groups excluding carboxylic acids is 2. The summed E-state index contributed by atoms with van der Waals surface area (Å²) in [4.78, 5) is 24.9. The molecule has 3 aromatic rings. The fourth-order valence-electron chi connectivity index (χ4n) is 3.16. The number of amides is 2. The van der Waals surface area contributed by atoms with Crippen LogP contribution in [0.25, 0.3) is 6.08 Å².